The van der Waals surface area contributed by atoms with Gasteiger partial charge in [-0.15, -0.1) is 0 Å². The molecule has 264 valence electrons. The molecule has 1 N–H and O–H groups in total. The van der Waals surface area contributed by atoms with E-state index in [2.05, 4.69) is 168 Å². The Morgan fingerprint density at radius 3 is 2.05 bits per heavy atom. The predicted molar refractivity (Wildman–Crippen MR) is 228 cm³/mol. The first-order valence-corrected chi connectivity index (χ1v) is 19.2. The minimum Gasteiger partial charge on any atom is -0.381 e. The monoisotopic (exact) mass is 724 g/mol. The van der Waals surface area contributed by atoms with Crippen LogP contribution in [0.4, 0.5) is 0 Å². The lowest BCUT2D eigenvalue weighted by molar-refractivity contribution is 0.742. The van der Waals surface area contributed by atoms with E-state index in [4.69, 9.17) is 0 Å². The molecule has 1 atom stereocenters. The topological polar surface area (TPSA) is 72.5 Å². The first-order valence-electron chi connectivity index (χ1n) is 19.2. The molecule has 57 heavy (non-hydrogen) atoms. The first kappa shape index (κ1) is 32.6. The molecule has 1 aromatic heterocycles. The Morgan fingerprint density at radius 1 is 0.526 bits per heavy atom. The van der Waals surface area contributed by atoms with Crippen LogP contribution in [0.3, 0.4) is 0 Å². The number of dihydropyridines is 1. The van der Waals surface area contributed by atoms with E-state index in [1.807, 2.05) is 24.4 Å². The second-order valence-electron chi connectivity index (χ2n) is 15.0. The number of nitrogens with one attached hydrogen (secondary N) is 1. The molecule has 4 nitrogen and oxygen atoms in total. The van der Waals surface area contributed by atoms with Crippen LogP contribution < -0.4 is 5.32 Å². The van der Waals surface area contributed by atoms with Gasteiger partial charge in [-0.3, -0.25) is 4.98 Å². The zero-order chi connectivity index (χ0) is 38.1. The average molecular weight is 725 g/mol. The number of hydrogen-bond acceptors (Lipinski definition) is 4. The second-order valence-corrected chi connectivity index (χ2v) is 15.0. The van der Waals surface area contributed by atoms with Crippen molar-refractivity contribution in [3.8, 4) is 67.9 Å². The highest BCUT2D eigenvalue weighted by molar-refractivity contribution is 6.11. The highest BCUT2D eigenvalue weighted by Crippen LogP contribution is 2.64. The zero-order valence-corrected chi connectivity index (χ0v) is 30.7. The van der Waals surface area contributed by atoms with Crippen LogP contribution in [-0.4, -0.2) is 4.98 Å². The highest BCUT2D eigenvalue weighted by atomic mass is 14.9. The van der Waals surface area contributed by atoms with E-state index in [1.54, 1.807) is 12.3 Å². The third kappa shape index (κ3) is 4.82. The average Bonchev–Trinajstić information content (AvgIpc) is 3.76. The van der Waals surface area contributed by atoms with Gasteiger partial charge in [0, 0.05) is 11.8 Å². The number of pyridine rings is 1. The number of rotatable bonds is 4. The summed E-state index contributed by atoms with van der Waals surface area (Å²) >= 11 is 0. The van der Waals surface area contributed by atoms with E-state index in [0.29, 0.717) is 11.1 Å². The SMILES string of the molecule is N#CC1=CC(c2cccc(-c3cc4c(c5ccccc35)-c3ccc(-c5cccc(-c6cc(C#N)ccn6)c5)cc3C43c4ccccc4-c4ccccc43)c2)NC=C1. The number of aromatic nitrogens is 1. The smallest absolute Gasteiger partial charge is 0.0992 e. The Kier molecular flexibility index (Phi) is 7.23. The Hall–Kier alpha value is -7.79. The fourth-order valence-electron chi connectivity index (χ4n) is 9.62. The molecule has 4 heteroatoms. The molecule has 2 aliphatic carbocycles. The minimum absolute atomic E-state index is 0.0996. The normalized spacial score (nSPS) is 15.1. The highest BCUT2D eigenvalue weighted by Gasteiger charge is 2.52. The zero-order valence-electron chi connectivity index (χ0n) is 30.7. The van der Waals surface area contributed by atoms with Crippen molar-refractivity contribution in [2.45, 2.75) is 11.5 Å². The molecule has 11 rings (SSSR count). The number of allylic oxidation sites excluding steroid dienone is 2. The van der Waals surface area contributed by atoms with Gasteiger partial charge in [0.05, 0.1) is 40.4 Å². The molecule has 0 amide bonds. The maximum Gasteiger partial charge on any atom is 0.0992 e. The van der Waals surface area contributed by atoms with Crippen molar-refractivity contribution < 1.29 is 0 Å². The van der Waals surface area contributed by atoms with Crippen LogP contribution in [0.5, 0.6) is 0 Å². The van der Waals surface area contributed by atoms with Crippen LogP contribution in [0.25, 0.3) is 66.5 Å². The molecule has 8 aromatic rings. The molecule has 1 unspecified atom stereocenters. The molecular weight excluding hydrogens is 693 g/mol. The van der Waals surface area contributed by atoms with Crippen molar-refractivity contribution in [1.29, 1.82) is 10.5 Å². The van der Waals surface area contributed by atoms with E-state index in [1.165, 1.54) is 60.8 Å². The van der Waals surface area contributed by atoms with Gasteiger partial charge in [-0.1, -0.05) is 121 Å². The maximum atomic E-state index is 9.66. The summed E-state index contributed by atoms with van der Waals surface area (Å²) in [7, 11) is 0. The second kappa shape index (κ2) is 12.6. The van der Waals surface area contributed by atoms with Crippen molar-refractivity contribution in [3.63, 3.8) is 0 Å². The van der Waals surface area contributed by atoms with Crippen LogP contribution in [0.1, 0.15) is 39.4 Å². The van der Waals surface area contributed by atoms with Gasteiger partial charge in [-0.05, 0) is 138 Å². The molecule has 7 aromatic carbocycles. The van der Waals surface area contributed by atoms with Crippen molar-refractivity contribution in [3.05, 3.63) is 221 Å². The van der Waals surface area contributed by atoms with Crippen molar-refractivity contribution in [2.24, 2.45) is 0 Å². The predicted octanol–water partition coefficient (Wildman–Crippen LogP) is 12.1. The number of benzene rings is 7. The molecular formula is C53H32N4. The van der Waals surface area contributed by atoms with Gasteiger partial charge in [0.15, 0.2) is 0 Å². The standard InChI is InChI=1S/C53H32N4/c54-31-33-21-23-56-50(25-33)38-11-7-9-35(27-38)36-19-20-44-48(29-36)53(46-17-5-3-14-41(46)42-15-4-6-18-47(42)53)49-30-45(40-13-1-2-16-43(40)52(44)49)37-10-8-12-39(28-37)51-26-34(32-55)22-24-57-51/h1-30,51,57H. The van der Waals surface area contributed by atoms with Gasteiger partial charge in [0.1, 0.15) is 0 Å². The van der Waals surface area contributed by atoms with Gasteiger partial charge in [0.25, 0.3) is 0 Å². The lowest BCUT2D eigenvalue weighted by Crippen LogP contribution is -2.26. The lowest BCUT2D eigenvalue weighted by atomic mass is 9.69. The van der Waals surface area contributed by atoms with E-state index in [9.17, 15) is 10.5 Å². The molecule has 0 radical (unpaired) electrons. The molecule has 1 aliphatic heterocycles. The molecule has 2 heterocycles. The Labute approximate surface area is 331 Å². The molecule has 0 bridgehead atoms. The first-order chi connectivity index (χ1) is 28.1. The van der Waals surface area contributed by atoms with Crippen LogP contribution in [0, 0.1) is 22.7 Å². The third-order valence-electron chi connectivity index (χ3n) is 12.0. The Balaban J connectivity index is 1.18. The van der Waals surface area contributed by atoms with Gasteiger partial charge in [0.2, 0.25) is 0 Å². The van der Waals surface area contributed by atoms with E-state index in [0.717, 1.165) is 33.5 Å². The summed E-state index contributed by atoms with van der Waals surface area (Å²) in [6.45, 7) is 0. The molecule has 0 fully saturated rings. The molecule has 0 saturated heterocycles. The molecule has 3 aliphatic rings. The number of hydrogen-bond donors (Lipinski definition) is 1. The summed E-state index contributed by atoms with van der Waals surface area (Å²) in [6, 6.07) is 61.5. The largest absolute Gasteiger partial charge is 0.381 e. The fourth-order valence-corrected chi connectivity index (χ4v) is 9.62. The summed E-state index contributed by atoms with van der Waals surface area (Å²) in [5.41, 5.74) is 18.2. The number of nitriles is 2. The van der Waals surface area contributed by atoms with Crippen LogP contribution in [-0.2, 0) is 5.41 Å². The summed E-state index contributed by atoms with van der Waals surface area (Å²) in [5, 5.41) is 25.1. The summed E-state index contributed by atoms with van der Waals surface area (Å²) in [5.74, 6) is 0. The fraction of sp³-hybridized carbons (Fsp3) is 0.0377. The summed E-state index contributed by atoms with van der Waals surface area (Å²) in [4.78, 5) is 4.61. The maximum absolute atomic E-state index is 9.66. The van der Waals surface area contributed by atoms with E-state index in [-0.39, 0.29) is 6.04 Å². The summed E-state index contributed by atoms with van der Waals surface area (Å²) in [6.07, 6.45) is 7.37. The molecule has 0 saturated carbocycles. The van der Waals surface area contributed by atoms with Crippen molar-refractivity contribution in [2.75, 3.05) is 0 Å². The number of fused-ring (bicyclic) bond motifs is 12. The van der Waals surface area contributed by atoms with Gasteiger partial charge >= 0.3 is 0 Å². The van der Waals surface area contributed by atoms with Crippen LogP contribution >= 0.6 is 0 Å². The third-order valence-corrected chi connectivity index (χ3v) is 12.0. The van der Waals surface area contributed by atoms with Gasteiger partial charge in [-0.2, -0.15) is 10.5 Å². The molecule has 1 spiro atoms. The minimum atomic E-state index is -0.565. The van der Waals surface area contributed by atoms with E-state index < -0.39 is 5.41 Å². The van der Waals surface area contributed by atoms with Crippen LogP contribution in [0.2, 0.25) is 0 Å². The van der Waals surface area contributed by atoms with Gasteiger partial charge in [-0.25, -0.2) is 0 Å². The number of nitrogens with zero attached hydrogens (tertiary/aromatic N) is 3. The van der Waals surface area contributed by atoms with Crippen LogP contribution in [0.15, 0.2) is 188 Å². The Morgan fingerprint density at radius 2 is 1.25 bits per heavy atom. The summed E-state index contributed by atoms with van der Waals surface area (Å²) < 4.78 is 0. The van der Waals surface area contributed by atoms with Gasteiger partial charge < -0.3 is 5.32 Å². The van der Waals surface area contributed by atoms with E-state index >= 15 is 0 Å². The Bertz CT molecular complexity index is 3110. The quantitative estimate of drug-likeness (QED) is 0.196. The van der Waals surface area contributed by atoms with Crippen molar-refractivity contribution >= 4 is 10.8 Å². The van der Waals surface area contributed by atoms with Crippen molar-refractivity contribution in [1.82, 2.24) is 10.3 Å². The lowest BCUT2D eigenvalue weighted by Gasteiger charge is -2.31.